The molecular formula is C24H25ClN2O2. The third-order valence-corrected chi connectivity index (χ3v) is 6.28. The molecule has 4 rings (SSSR count). The molecule has 2 aliphatic rings. The van der Waals surface area contributed by atoms with Gasteiger partial charge in [0.25, 0.3) is 5.91 Å². The zero-order chi connectivity index (χ0) is 20.6. The Morgan fingerprint density at radius 1 is 1.07 bits per heavy atom. The Labute approximate surface area is 176 Å². The minimum absolute atomic E-state index is 0.0339. The molecule has 0 atom stereocenters. The monoisotopic (exact) mass is 408 g/mol. The summed E-state index contributed by atoms with van der Waals surface area (Å²) in [6.45, 7) is 4.01. The summed E-state index contributed by atoms with van der Waals surface area (Å²) in [5.74, 6) is -0.194. The molecule has 150 valence electrons. The van der Waals surface area contributed by atoms with Crippen LogP contribution in [0.3, 0.4) is 0 Å². The van der Waals surface area contributed by atoms with Crippen LogP contribution in [-0.2, 0) is 4.79 Å². The molecule has 5 heteroatoms. The van der Waals surface area contributed by atoms with Gasteiger partial charge >= 0.3 is 0 Å². The molecule has 1 fully saturated rings. The van der Waals surface area contributed by atoms with Gasteiger partial charge in [-0.05, 0) is 57.2 Å². The highest BCUT2D eigenvalue weighted by Gasteiger charge is 2.48. The van der Waals surface area contributed by atoms with Crippen LogP contribution in [-0.4, -0.2) is 34.5 Å². The van der Waals surface area contributed by atoms with Gasteiger partial charge < -0.3 is 4.90 Å². The van der Waals surface area contributed by atoms with Crippen LogP contribution in [0.4, 0.5) is 0 Å². The number of rotatable bonds is 4. The molecule has 2 aromatic rings. The van der Waals surface area contributed by atoms with Crippen molar-refractivity contribution in [3.8, 4) is 0 Å². The first-order valence-electron chi connectivity index (χ1n) is 10.2. The number of aliphatic imine (C=N–C) groups is 1. The predicted octanol–water partition coefficient (Wildman–Crippen LogP) is 5.13. The van der Waals surface area contributed by atoms with Crippen LogP contribution >= 0.6 is 11.6 Å². The molecule has 29 heavy (non-hydrogen) atoms. The van der Waals surface area contributed by atoms with Gasteiger partial charge in [-0.25, -0.2) is 0 Å². The lowest BCUT2D eigenvalue weighted by Gasteiger charge is -2.38. The van der Waals surface area contributed by atoms with Crippen molar-refractivity contribution in [1.82, 2.24) is 4.90 Å². The van der Waals surface area contributed by atoms with E-state index < -0.39 is 5.66 Å². The molecule has 0 N–H and O–H groups in total. The van der Waals surface area contributed by atoms with E-state index >= 15 is 0 Å². The quantitative estimate of drug-likeness (QED) is 0.658. The summed E-state index contributed by atoms with van der Waals surface area (Å²) < 4.78 is 0. The van der Waals surface area contributed by atoms with E-state index in [1.54, 1.807) is 17.0 Å². The standard InChI is InChI=1S/C24H25ClN2O2/c1-16-6-11-20(17(2)14-16)21(28)15-27-23(29)22(18-7-9-19(25)10-8-18)26-24(27)12-4-3-5-13-24/h6-11,14H,3-5,12-13,15H2,1-2H3. The number of Topliss-reactive ketones (excluding diaryl/α,β-unsaturated/α-hetero) is 1. The summed E-state index contributed by atoms with van der Waals surface area (Å²) in [5.41, 5.74) is 3.34. The third-order valence-electron chi connectivity index (χ3n) is 6.03. The van der Waals surface area contributed by atoms with Crippen molar-refractivity contribution in [2.45, 2.75) is 51.6 Å². The summed E-state index contributed by atoms with van der Waals surface area (Å²) in [6, 6.07) is 13.0. The van der Waals surface area contributed by atoms with Gasteiger partial charge in [-0.15, -0.1) is 0 Å². The highest BCUT2D eigenvalue weighted by molar-refractivity contribution is 6.47. The summed E-state index contributed by atoms with van der Waals surface area (Å²) in [5, 5.41) is 0.619. The van der Waals surface area contributed by atoms with Crippen molar-refractivity contribution in [2.24, 2.45) is 4.99 Å². The number of benzene rings is 2. The van der Waals surface area contributed by atoms with Gasteiger partial charge in [0.2, 0.25) is 0 Å². The third kappa shape index (κ3) is 3.74. The number of aryl methyl sites for hydroxylation is 2. The Kier molecular flexibility index (Phi) is 5.30. The van der Waals surface area contributed by atoms with Gasteiger partial charge in [-0.3, -0.25) is 14.6 Å². The second kappa shape index (κ2) is 7.75. The highest BCUT2D eigenvalue weighted by Crippen LogP contribution is 2.39. The minimum atomic E-state index is -0.599. The van der Waals surface area contributed by atoms with Gasteiger partial charge in [-0.1, -0.05) is 53.9 Å². The minimum Gasteiger partial charge on any atom is -0.305 e. The largest absolute Gasteiger partial charge is 0.305 e. The molecule has 4 nitrogen and oxygen atoms in total. The fourth-order valence-electron chi connectivity index (χ4n) is 4.50. The Balaban J connectivity index is 1.67. The van der Waals surface area contributed by atoms with Crippen molar-refractivity contribution in [2.75, 3.05) is 6.54 Å². The highest BCUT2D eigenvalue weighted by atomic mass is 35.5. The maximum absolute atomic E-state index is 13.4. The molecule has 1 amide bonds. The first-order valence-corrected chi connectivity index (χ1v) is 10.6. The molecule has 1 aliphatic carbocycles. The summed E-state index contributed by atoms with van der Waals surface area (Å²) in [6.07, 6.45) is 4.77. The van der Waals surface area contributed by atoms with Gasteiger partial charge in [-0.2, -0.15) is 0 Å². The number of hydrogen-bond acceptors (Lipinski definition) is 3. The zero-order valence-electron chi connectivity index (χ0n) is 16.9. The van der Waals surface area contributed by atoms with Gasteiger partial charge in [0.1, 0.15) is 11.4 Å². The van der Waals surface area contributed by atoms with Gasteiger partial charge in [0.15, 0.2) is 5.78 Å². The summed E-state index contributed by atoms with van der Waals surface area (Å²) >= 11 is 6.01. The van der Waals surface area contributed by atoms with Gasteiger partial charge in [0.05, 0.1) is 6.54 Å². The Bertz CT molecular complexity index is 988. The van der Waals surface area contributed by atoms with Crippen LogP contribution in [0, 0.1) is 13.8 Å². The van der Waals surface area contributed by atoms with Crippen molar-refractivity contribution in [3.05, 3.63) is 69.7 Å². The molecule has 1 heterocycles. The fourth-order valence-corrected chi connectivity index (χ4v) is 4.63. The number of carbonyl (C=O) groups is 2. The van der Waals surface area contributed by atoms with Crippen LogP contribution < -0.4 is 0 Å². The molecule has 0 radical (unpaired) electrons. The van der Waals surface area contributed by atoms with E-state index in [-0.39, 0.29) is 18.2 Å². The molecule has 0 unspecified atom stereocenters. The maximum atomic E-state index is 13.4. The number of amides is 1. The van der Waals surface area contributed by atoms with Crippen molar-refractivity contribution >= 4 is 29.0 Å². The lowest BCUT2D eigenvalue weighted by Crippen LogP contribution is -2.50. The lowest BCUT2D eigenvalue weighted by molar-refractivity contribution is -0.128. The van der Waals surface area contributed by atoms with E-state index in [0.717, 1.165) is 48.8 Å². The topological polar surface area (TPSA) is 49.7 Å². The summed E-state index contributed by atoms with van der Waals surface area (Å²) in [7, 11) is 0. The number of nitrogens with zero attached hydrogens (tertiary/aromatic N) is 2. The van der Waals surface area contributed by atoms with Crippen LogP contribution in [0.1, 0.15) is 59.2 Å². The first-order chi connectivity index (χ1) is 13.9. The smallest absolute Gasteiger partial charge is 0.275 e. The summed E-state index contributed by atoms with van der Waals surface area (Å²) in [4.78, 5) is 33.2. The van der Waals surface area contributed by atoms with E-state index in [1.165, 1.54) is 0 Å². The molecular weight excluding hydrogens is 384 g/mol. The lowest BCUT2D eigenvalue weighted by atomic mass is 9.88. The molecule has 0 saturated heterocycles. The molecule has 1 aliphatic heterocycles. The van der Waals surface area contributed by atoms with E-state index in [9.17, 15) is 9.59 Å². The fraction of sp³-hybridized carbons (Fsp3) is 0.375. The van der Waals surface area contributed by atoms with Gasteiger partial charge in [0, 0.05) is 16.1 Å². The van der Waals surface area contributed by atoms with Crippen molar-refractivity contribution in [1.29, 1.82) is 0 Å². The SMILES string of the molecule is Cc1ccc(C(=O)CN2C(=O)C(c3ccc(Cl)cc3)=NC23CCCCC3)c(C)c1. The second-order valence-electron chi connectivity index (χ2n) is 8.14. The predicted molar refractivity (Wildman–Crippen MR) is 116 cm³/mol. The van der Waals surface area contributed by atoms with E-state index in [0.29, 0.717) is 16.3 Å². The number of carbonyl (C=O) groups excluding carboxylic acids is 2. The number of halogens is 1. The normalized spacial score (nSPS) is 18.2. The molecule has 0 bridgehead atoms. The average molecular weight is 409 g/mol. The molecule has 1 saturated carbocycles. The average Bonchev–Trinajstić information content (AvgIpc) is 2.95. The van der Waals surface area contributed by atoms with E-state index in [4.69, 9.17) is 16.6 Å². The molecule has 2 aromatic carbocycles. The van der Waals surface area contributed by atoms with Crippen molar-refractivity contribution in [3.63, 3.8) is 0 Å². The second-order valence-corrected chi connectivity index (χ2v) is 8.58. The Morgan fingerprint density at radius 2 is 1.76 bits per heavy atom. The van der Waals surface area contributed by atoms with Crippen LogP contribution in [0.15, 0.2) is 47.5 Å². The molecule has 0 aromatic heterocycles. The van der Waals surface area contributed by atoms with E-state index in [2.05, 4.69) is 0 Å². The number of ketones is 1. The van der Waals surface area contributed by atoms with Crippen LogP contribution in [0.5, 0.6) is 0 Å². The zero-order valence-corrected chi connectivity index (χ0v) is 17.6. The molecule has 1 spiro atoms. The van der Waals surface area contributed by atoms with E-state index in [1.807, 2.05) is 44.2 Å². The van der Waals surface area contributed by atoms with Crippen molar-refractivity contribution < 1.29 is 9.59 Å². The van der Waals surface area contributed by atoms with Crippen LogP contribution in [0.2, 0.25) is 5.02 Å². The van der Waals surface area contributed by atoms with Crippen LogP contribution in [0.25, 0.3) is 0 Å². The Morgan fingerprint density at radius 3 is 2.41 bits per heavy atom. The number of hydrogen-bond donors (Lipinski definition) is 0. The Hall–Kier alpha value is -2.46. The maximum Gasteiger partial charge on any atom is 0.275 e. The first kappa shape index (κ1) is 19.8.